The van der Waals surface area contributed by atoms with Gasteiger partial charge in [-0.2, -0.15) is 0 Å². The third-order valence-corrected chi connectivity index (χ3v) is 6.54. The van der Waals surface area contributed by atoms with E-state index in [2.05, 4.69) is 36.8 Å². The van der Waals surface area contributed by atoms with Crippen LogP contribution in [0.3, 0.4) is 0 Å². The number of hydrogen-bond acceptors (Lipinski definition) is 9. The van der Waals surface area contributed by atoms with Gasteiger partial charge in [-0.15, -0.1) is 0 Å². The number of rotatable bonds is 11. The van der Waals surface area contributed by atoms with E-state index in [0.29, 0.717) is 39.3 Å². The summed E-state index contributed by atoms with van der Waals surface area (Å²) in [6, 6.07) is 8.10. The number of benzene rings is 1. The molecule has 2 saturated heterocycles. The van der Waals surface area contributed by atoms with Gasteiger partial charge in [0.25, 0.3) is 0 Å². The quantitative estimate of drug-likeness (QED) is 0.514. The second kappa shape index (κ2) is 12.0. The predicted molar refractivity (Wildman–Crippen MR) is 135 cm³/mol. The second-order valence-corrected chi connectivity index (χ2v) is 9.60. The Balaban J connectivity index is 1.31. The van der Waals surface area contributed by atoms with Crippen LogP contribution in [0.15, 0.2) is 30.6 Å². The minimum Gasteiger partial charge on any atom is -0.490 e. The molecule has 1 N–H and O–H groups in total. The minimum atomic E-state index is -0.779. The van der Waals surface area contributed by atoms with Crippen LogP contribution >= 0.6 is 0 Å². The summed E-state index contributed by atoms with van der Waals surface area (Å²) < 4.78 is 17.4. The molecule has 0 unspecified atom stereocenters. The molecular formula is C26H39N5O4. The summed E-state index contributed by atoms with van der Waals surface area (Å²) in [6.07, 6.45) is 2.29. The van der Waals surface area contributed by atoms with Gasteiger partial charge >= 0.3 is 0 Å². The number of morpholine rings is 1. The van der Waals surface area contributed by atoms with Crippen molar-refractivity contribution in [3.8, 4) is 11.5 Å². The molecular weight excluding hydrogens is 446 g/mol. The van der Waals surface area contributed by atoms with Crippen molar-refractivity contribution in [1.82, 2.24) is 19.8 Å². The molecule has 1 atom stereocenters. The van der Waals surface area contributed by atoms with E-state index in [-0.39, 0.29) is 0 Å². The monoisotopic (exact) mass is 485 g/mol. The lowest BCUT2D eigenvalue weighted by molar-refractivity contribution is 0.0279. The Morgan fingerprint density at radius 3 is 2.71 bits per heavy atom. The lowest BCUT2D eigenvalue weighted by atomic mass is 10.0. The van der Waals surface area contributed by atoms with Gasteiger partial charge in [0.2, 0.25) is 0 Å². The van der Waals surface area contributed by atoms with Gasteiger partial charge in [0.1, 0.15) is 18.8 Å². The number of aryl methyl sites for hydroxylation is 1. The lowest BCUT2D eigenvalue weighted by Crippen LogP contribution is -2.43. The van der Waals surface area contributed by atoms with Crippen LogP contribution in [0.2, 0.25) is 0 Å². The maximum absolute atomic E-state index is 11.2. The Hall–Kier alpha value is -2.46. The van der Waals surface area contributed by atoms with Gasteiger partial charge in [0.15, 0.2) is 11.5 Å². The van der Waals surface area contributed by atoms with E-state index in [4.69, 9.17) is 14.2 Å². The first-order chi connectivity index (χ1) is 16.9. The number of nitrogens with zero attached hydrogens (tertiary/aromatic N) is 5. The molecule has 192 valence electrons. The van der Waals surface area contributed by atoms with E-state index >= 15 is 0 Å². The molecule has 2 aromatic rings. The summed E-state index contributed by atoms with van der Waals surface area (Å²) >= 11 is 0. The predicted octanol–water partition coefficient (Wildman–Crippen LogP) is 1.97. The third-order valence-electron chi connectivity index (χ3n) is 6.54. The highest BCUT2D eigenvalue weighted by atomic mass is 16.5. The molecule has 9 nitrogen and oxygen atoms in total. The van der Waals surface area contributed by atoms with Crippen LogP contribution in [0.4, 0.5) is 5.82 Å². The molecule has 3 heterocycles. The van der Waals surface area contributed by atoms with Crippen LogP contribution in [0, 0.1) is 6.92 Å². The Kier molecular flexibility index (Phi) is 8.78. The van der Waals surface area contributed by atoms with Crippen LogP contribution < -0.4 is 14.4 Å². The van der Waals surface area contributed by atoms with Crippen molar-refractivity contribution < 1.29 is 19.3 Å². The first-order valence-electron chi connectivity index (χ1n) is 12.6. The smallest absolute Gasteiger partial charge is 0.161 e. The van der Waals surface area contributed by atoms with Gasteiger partial charge in [-0.25, -0.2) is 9.97 Å². The molecule has 35 heavy (non-hydrogen) atoms. The zero-order chi connectivity index (χ0) is 24.7. The second-order valence-electron chi connectivity index (χ2n) is 9.60. The fraction of sp³-hybridized carbons (Fsp3) is 0.615. The molecule has 1 aromatic heterocycles. The van der Waals surface area contributed by atoms with Crippen molar-refractivity contribution >= 4 is 5.82 Å². The van der Waals surface area contributed by atoms with Crippen molar-refractivity contribution in [1.29, 1.82) is 0 Å². The van der Waals surface area contributed by atoms with E-state index in [1.165, 1.54) is 0 Å². The number of aliphatic hydroxyl groups is 1. The molecule has 2 aliphatic heterocycles. The van der Waals surface area contributed by atoms with Crippen LogP contribution in [0.1, 0.15) is 24.6 Å². The Morgan fingerprint density at radius 1 is 1.11 bits per heavy atom. The summed E-state index contributed by atoms with van der Waals surface area (Å²) in [4.78, 5) is 15.2. The maximum Gasteiger partial charge on any atom is 0.161 e. The van der Waals surface area contributed by atoms with Crippen LogP contribution in [0.5, 0.6) is 11.5 Å². The fourth-order valence-corrected chi connectivity index (χ4v) is 4.81. The Bertz CT molecular complexity index is 955. The highest BCUT2D eigenvalue weighted by Gasteiger charge is 2.37. The summed E-state index contributed by atoms with van der Waals surface area (Å²) in [6.45, 7) is 12.1. The van der Waals surface area contributed by atoms with E-state index in [9.17, 15) is 5.11 Å². The van der Waals surface area contributed by atoms with Gasteiger partial charge < -0.3 is 24.2 Å². The molecule has 0 spiro atoms. The average Bonchev–Trinajstić information content (AvgIpc) is 3.22. The molecule has 2 aliphatic rings. The molecule has 0 aliphatic carbocycles. The van der Waals surface area contributed by atoms with E-state index in [1.807, 2.05) is 33.0 Å². The summed E-state index contributed by atoms with van der Waals surface area (Å²) in [5, 5.41) is 11.2. The van der Waals surface area contributed by atoms with E-state index in [1.54, 1.807) is 6.33 Å². The Labute approximate surface area is 208 Å². The van der Waals surface area contributed by atoms with Gasteiger partial charge in [0.05, 0.1) is 25.4 Å². The number of aromatic nitrogens is 2. The molecule has 0 amide bonds. The number of ether oxygens (including phenoxy) is 3. The van der Waals surface area contributed by atoms with Crippen molar-refractivity contribution in [2.45, 2.75) is 32.4 Å². The summed E-state index contributed by atoms with van der Waals surface area (Å²) in [7, 11) is 2.04. The molecule has 0 saturated carbocycles. The van der Waals surface area contributed by atoms with Crippen molar-refractivity contribution in [3.05, 3.63) is 41.9 Å². The molecule has 4 rings (SSSR count). The van der Waals surface area contributed by atoms with Crippen LogP contribution in [0.25, 0.3) is 0 Å². The minimum absolute atomic E-state index is 0.563. The number of β-amino-alcohol motifs (C(OH)–C–C–N with tert-alkyl or cyclic N) is 1. The number of likely N-dealkylation sites (N-methyl/N-ethyl adjacent to an activating group) is 1. The van der Waals surface area contributed by atoms with E-state index in [0.717, 1.165) is 68.0 Å². The fourth-order valence-electron chi connectivity index (χ4n) is 4.81. The van der Waals surface area contributed by atoms with Crippen molar-refractivity contribution in [2.75, 3.05) is 77.6 Å². The molecule has 1 aromatic carbocycles. The molecule has 0 bridgehead atoms. The molecule has 2 fully saturated rings. The standard InChI is InChI=1S/C26H39N5O4/c1-4-34-24-16-22(5-6-23(24)35-14-11-30-9-12-33-13-10-30)17-29(3)18-26(32)7-8-31(19-26)25-15-21(2)27-20-28-25/h5-6,15-16,20,32H,4,7-14,17-19H2,1-3H3/t26-/m1/s1. The highest BCUT2D eigenvalue weighted by molar-refractivity contribution is 5.43. The van der Waals surface area contributed by atoms with Crippen LogP contribution in [-0.4, -0.2) is 103 Å². The SMILES string of the molecule is CCOc1cc(CN(C)C[C@]2(O)CCN(c3cc(C)ncn3)C2)ccc1OCCN1CCOCC1. The average molecular weight is 486 g/mol. The van der Waals surface area contributed by atoms with Crippen molar-refractivity contribution in [2.24, 2.45) is 0 Å². The van der Waals surface area contributed by atoms with Gasteiger partial charge in [-0.1, -0.05) is 6.07 Å². The zero-order valence-corrected chi connectivity index (χ0v) is 21.3. The van der Waals surface area contributed by atoms with Crippen molar-refractivity contribution in [3.63, 3.8) is 0 Å². The largest absolute Gasteiger partial charge is 0.490 e. The first kappa shape index (κ1) is 25.6. The third kappa shape index (κ3) is 7.27. The highest BCUT2D eigenvalue weighted by Crippen LogP contribution is 2.30. The van der Waals surface area contributed by atoms with Gasteiger partial charge in [0, 0.05) is 57.6 Å². The number of hydrogen-bond donors (Lipinski definition) is 1. The van der Waals surface area contributed by atoms with Gasteiger partial charge in [-0.3, -0.25) is 9.80 Å². The Morgan fingerprint density at radius 2 is 1.94 bits per heavy atom. The first-order valence-corrected chi connectivity index (χ1v) is 12.6. The summed E-state index contributed by atoms with van der Waals surface area (Å²) in [5.41, 5.74) is 1.28. The summed E-state index contributed by atoms with van der Waals surface area (Å²) in [5.74, 6) is 2.42. The van der Waals surface area contributed by atoms with Gasteiger partial charge in [-0.05, 0) is 45.0 Å². The number of anilines is 1. The molecule has 0 radical (unpaired) electrons. The van der Waals surface area contributed by atoms with E-state index < -0.39 is 5.60 Å². The lowest BCUT2D eigenvalue weighted by Gasteiger charge is -2.29. The van der Waals surface area contributed by atoms with Crippen LogP contribution in [-0.2, 0) is 11.3 Å². The molecule has 9 heteroatoms. The maximum atomic E-state index is 11.2. The topological polar surface area (TPSA) is 83.4 Å². The zero-order valence-electron chi connectivity index (χ0n) is 21.3. The normalized spacial score (nSPS) is 21.0.